The number of carbonyl (C=O) groups is 2. The molecule has 6 nitrogen and oxygen atoms in total. The predicted molar refractivity (Wildman–Crippen MR) is 70.6 cm³/mol. The molecule has 1 rings (SSSR count). The summed E-state index contributed by atoms with van der Waals surface area (Å²) in [5.41, 5.74) is 5.51. The summed E-state index contributed by atoms with van der Waals surface area (Å²) < 4.78 is 40.6. The summed E-state index contributed by atoms with van der Waals surface area (Å²) >= 11 is 0. The molecule has 9 heteroatoms. The van der Waals surface area contributed by atoms with Crippen LogP contribution in [0.4, 0.5) is 13.2 Å². The van der Waals surface area contributed by atoms with Crippen molar-refractivity contribution in [2.75, 3.05) is 6.61 Å². The van der Waals surface area contributed by atoms with Gasteiger partial charge in [-0.2, -0.15) is 13.2 Å². The minimum Gasteiger partial charge on any atom is -0.468 e. The standard InChI is InChI=1S/C13H16F3N3O3/c1-8(4-10(17)20)12(21)19-6-9-2-3-18-11(5-9)22-7-13(14,15)16/h2-3,5,8H,4,6-7H2,1H3,(H2,17,20)(H,19,21)/t8-/m1/s1. The second kappa shape index (κ2) is 7.62. The average molecular weight is 319 g/mol. The van der Waals surface area contributed by atoms with Crippen LogP contribution in [0.25, 0.3) is 0 Å². The van der Waals surface area contributed by atoms with Crippen LogP contribution in [0.5, 0.6) is 5.88 Å². The summed E-state index contributed by atoms with van der Waals surface area (Å²) in [7, 11) is 0. The lowest BCUT2D eigenvalue weighted by Crippen LogP contribution is -2.31. The van der Waals surface area contributed by atoms with Crippen LogP contribution in [0.3, 0.4) is 0 Å². The first-order valence-electron chi connectivity index (χ1n) is 6.38. The van der Waals surface area contributed by atoms with Crippen molar-refractivity contribution in [1.29, 1.82) is 0 Å². The molecule has 1 aromatic heterocycles. The van der Waals surface area contributed by atoms with Gasteiger partial charge in [-0.25, -0.2) is 4.98 Å². The van der Waals surface area contributed by atoms with E-state index in [0.717, 1.165) is 0 Å². The predicted octanol–water partition coefficient (Wildman–Crippen LogP) is 1.15. The van der Waals surface area contributed by atoms with Crippen molar-refractivity contribution in [1.82, 2.24) is 10.3 Å². The molecule has 1 heterocycles. The van der Waals surface area contributed by atoms with E-state index in [0.29, 0.717) is 5.56 Å². The molecule has 3 N–H and O–H groups in total. The summed E-state index contributed by atoms with van der Waals surface area (Å²) in [6.07, 6.45) is -3.25. The second-order valence-corrected chi connectivity index (χ2v) is 4.70. The van der Waals surface area contributed by atoms with E-state index in [1.807, 2.05) is 0 Å². The Bertz CT molecular complexity index is 535. The smallest absolute Gasteiger partial charge is 0.422 e. The lowest BCUT2D eigenvalue weighted by atomic mass is 10.1. The van der Waals surface area contributed by atoms with Crippen molar-refractivity contribution in [3.05, 3.63) is 23.9 Å². The van der Waals surface area contributed by atoms with Crippen LogP contribution in [0.15, 0.2) is 18.3 Å². The van der Waals surface area contributed by atoms with Gasteiger partial charge < -0.3 is 15.8 Å². The number of hydrogen-bond acceptors (Lipinski definition) is 4. The van der Waals surface area contributed by atoms with E-state index in [1.165, 1.54) is 18.3 Å². The Balaban J connectivity index is 2.53. The number of primary amides is 1. The maximum absolute atomic E-state index is 12.0. The number of amides is 2. The number of hydrogen-bond donors (Lipinski definition) is 2. The highest BCUT2D eigenvalue weighted by atomic mass is 19.4. The number of nitrogens with one attached hydrogen (secondary N) is 1. The van der Waals surface area contributed by atoms with Crippen LogP contribution in [0.1, 0.15) is 18.9 Å². The zero-order chi connectivity index (χ0) is 16.8. The highest BCUT2D eigenvalue weighted by Crippen LogP contribution is 2.17. The van der Waals surface area contributed by atoms with Crippen molar-refractivity contribution in [3.8, 4) is 5.88 Å². The van der Waals surface area contributed by atoms with Crippen molar-refractivity contribution in [3.63, 3.8) is 0 Å². The number of carbonyl (C=O) groups excluding carboxylic acids is 2. The van der Waals surface area contributed by atoms with Gasteiger partial charge in [-0.3, -0.25) is 9.59 Å². The molecule has 2 amide bonds. The molecule has 0 aliphatic rings. The molecule has 0 saturated heterocycles. The van der Waals surface area contributed by atoms with Gasteiger partial charge in [0.05, 0.1) is 0 Å². The topological polar surface area (TPSA) is 94.3 Å². The van der Waals surface area contributed by atoms with Gasteiger partial charge >= 0.3 is 6.18 Å². The summed E-state index contributed by atoms with van der Waals surface area (Å²) in [5, 5.41) is 2.55. The van der Waals surface area contributed by atoms with Crippen LogP contribution in [0.2, 0.25) is 0 Å². The first kappa shape index (κ1) is 17.7. The monoisotopic (exact) mass is 319 g/mol. The lowest BCUT2D eigenvalue weighted by molar-refractivity contribution is -0.154. The van der Waals surface area contributed by atoms with Gasteiger partial charge in [-0.1, -0.05) is 6.92 Å². The van der Waals surface area contributed by atoms with Gasteiger partial charge in [0.25, 0.3) is 0 Å². The van der Waals surface area contributed by atoms with Crippen LogP contribution in [0, 0.1) is 5.92 Å². The van der Waals surface area contributed by atoms with Crippen LogP contribution >= 0.6 is 0 Å². The lowest BCUT2D eigenvalue weighted by Gasteiger charge is -2.12. The minimum atomic E-state index is -4.45. The molecule has 1 atom stereocenters. The van der Waals surface area contributed by atoms with Gasteiger partial charge in [0.1, 0.15) is 0 Å². The molecule has 0 spiro atoms. The number of aromatic nitrogens is 1. The van der Waals surface area contributed by atoms with Crippen molar-refractivity contribution in [2.45, 2.75) is 26.1 Å². The van der Waals surface area contributed by atoms with Crippen molar-refractivity contribution < 1.29 is 27.5 Å². The summed E-state index contributed by atoms with van der Waals surface area (Å²) in [4.78, 5) is 26.0. The van der Waals surface area contributed by atoms with Crippen LogP contribution in [-0.4, -0.2) is 29.6 Å². The number of nitrogens with zero attached hydrogens (tertiary/aromatic N) is 1. The molecule has 0 radical (unpaired) electrons. The number of halogens is 3. The summed E-state index contributed by atoms with van der Waals surface area (Å²) in [6, 6.07) is 2.82. The maximum Gasteiger partial charge on any atom is 0.422 e. The Hall–Kier alpha value is -2.32. The summed E-state index contributed by atoms with van der Waals surface area (Å²) in [6.45, 7) is 0.183. The molecule has 1 aromatic rings. The first-order chi connectivity index (χ1) is 10.2. The highest BCUT2D eigenvalue weighted by molar-refractivity contribution is 5.84. The number of pyridine rings is 1. The fourth-order valence-corrected chi connectivity index (χ4v) is 1.55. The van der Waals surface area contributed by atoms with E-state index < -0.39 is 24.6 Å². The second-order valence-electron chi connectivity index (χ2n) is 4.70. The molecule has 0 unspecified atom stereocenters. The zero-order valence-electron chi connectivity index (χ0n) is 11.8. The molecule has 22 heavy (non-hydrogen) atoms. The fourth-order valence-electron chi connectivity index (χ4n) is 1.55. The maximum atomic E-state index is 12.0. The molecule has 0 bridgehead atoms. The Morgan fingerprint density at radius 2 is 2.14 bits per heavy atom. The third-order valence-corrected chi connectivity index (χ3v) is 2.60. The number of ether oxygens (including phenoxy) is 1. The molecular weight excluding hydrogens is 303 g/mol. The van der Waals surface area contributed by atoms with Gasteiger partial charge in [0.15, 0.2) is 6.61 Å². The van der Waals surface area contributed by atoms with E-state index in [2.05, 4.69) is 15.0 Å². The summed E-state index contributed by atoms with van der Waals surface area (Å²) in [5.74, 6) is -1.74. The molecule has 122 valence electrons. The quantitative estimate of drug-likeness (QED) is 0.788. The number of alkyl halides is 3. The SMILES string of the molecule is C[C@H](CC(N)=O)C(=O)NCc1ccnc(OCC(F)(F)F)c1. The Labute approximate surface area is 124 Å². The van der Waals surface area contributed by atoms with Crippen LogP contribution in [-0.2, 0) is 16.1 Å². The Morgan fingerprint density at radius 3 is 2.73 bits per heavy atom. The number of nitrogens with two attached hydrogens (primary N) is 1. The van der Waals surface area contributed by atoms with Gasteiger partial charge in [0, 0.05) is 31.1 Å². The fraction of sp³-hybridized carbons (Fsp3) is 0.462. The molecule has 0 fully saturated rings. The average Bonchev–Trinajstić information content (AvgIpc) is 2.41. The van der Waals surface area contributed by atoms with Crippen LogP contribution < -0.4 is 15.8 Å². The zero-order valence-corrected chi connectivity index (χ0v) is 11.8. The Morgan fingerprint density at radius 1 is 1.45 bits per heavy atom. The van der Waals surface area contributed by atoms with Crippen molar-refractivity contribution in [2.24, 2.45) is 11.7 Å². The number of rotatable bonds is 7. The third-order valence-electron chi connectivity index (χ3n) is 2.60. The normalized spacial score (nSPS) is 12.5. The first-order valence-corrected chi connectivity index (χ1v) is 6.38. The molecular formula is C13H16F3N3O3. The largest absolute Gasteiger partial charge is 0.468 e. The Kier molecular flexibility index (Phi) is 6.14. The van der Waals surface area contributed by atoms with E-state index in [4.69, 9.17) is 5.73 Å². The minimum absolute atomic E-state index is 0.0762. The van der Waals surface area contributed by atoms with Gasteiger partial charge in [0.2, 0.25) is 17.7 Å². The third kappa shape index (κ3) is 6.91. The molecule has 0 saturated carbocycles. The molecule has 0 aromatic carbocycles. The molecule has 0 aliphatic carbocycles. The van der Waals surface area contributed by atoms with Gasteiger partial charge in [-0.05, 0) is 11.6 Å². The van der Waals surface area contributed by atoms with E-state index in [1.54, 1.807) is 6.92 Å². The highest BCUT2D eigenvalue weighted by Gasteiger charge is 2.28. The van der Waals surface area contributed by atoms with E-state index >= 15 is 0 Å². The van der Waals surface area contributed by atoms with E-state index in [-0.39, 0.29) is 24.8 Å². The molecule has 0 aliphatic heterocycles. The van der Waals surface area contributed by atoms with Gasteiger partial charge in [-0.15, -0.1) is 0 Å². The van der Waals surface area contributed by atoms with Crippen molar-refractivity contribution >= 4 is 11.8 Å². The van der Waals surface area contributed by atoms with E-state index in [9.17, 15) is 22.8 Å².